The van der Waals surface area contributed by atoms with Crippen molar-refractivity contribution < 1.29 is 17.9 Å². The highest BCUT2D eigenvalue weighted by Gasteiger charge is 2.20. The number of halogens is 3. The second kappa shape index (κ2) is 8.96. The molecule has 0 saturated carbocycles. The maximum atomic E-state index is 12.8. The van der Waals surface area contributed by atoms with Crippen LogP contribution in [0.1, 0.15) is 5.56 Å². The topological polar surface area (TPSA) is 77.5 Å². The Balaban J connectivity index is 1.61. The molecule has 0 aliphatic heterocycles. The largest absolute Gasteiger partial charge is 0.497 e. The van der Waals surface area contributed by atoms with Gasteiger partial charge in [0.25, 0.3) is 15.2 Å². The van der Waals surface area contributed by atoms with Gasteiger partial charge >= 0.3 is 0 Å². The number of nitrogens with one attached hydrogen (secondary N) is 1. The van der Waals surface area contributed by atoms with Crippen molar-refractivity contribution in [1.29, 1.82) is 0 Å². The van der Waals surface area contributed by atoms with Crippen LogP contribution in [0.4, 0.5) is 5.69 Å². The van der Waals surface area contributed by atoms with E-state index in [1.165, 1.54) is 29.5 Å². The summed E-state index contributed by atoms with van der Waals surface area (Å²) in [6.45, 7) is 1.82. The van der Waals surface area contributed by atoms with Crippen molar-refractivity contribution in [3.8, 4) is 16.7 Å². The van der Waals surface area contributed by atoms with Crippen molar-refractivity contribution in [2.24, 2.45) is 0 Å². The van der Waals surface area contributed by atoms with Crippen molar-refractivity contribution in [2.75, 3.05) is 11.8 Å². The van der Waals surface area contributed by atoms with Crippen molar-refractivity contribution in [3.63, 3.8) is 0 Å². The Bertz CT molecular complexity index is 1420. The van der Waals surface area contributed by atoms with Crippen molar-refractivity contribution >= 4 is 72.1 Å². The molecule has 0 aliphatic rings. The number of methoxy groups -OCH3 is 1. The van der Waals surface area contributed by atoms with E-state index in [0.29, 0.717) is 10.9 Å². The van der Waals surface area contributed by atoms with Gasteiger partial charge in [0.2, 0.25) is 0 Å². The van der Waals surface area contributed by atoms with Gasteiger partial charge in [-0.3, -0.25) is 4.72 Å². The lowest BCUT2D eigenvalue weighted by Crippen LogP contribution is -2.13. The van der Waals surface area contributed by atoms with E-state index in [9.17, 15) is 8.42 Å². The monoisotopic (exact) mass is 528 g/mol. The molecule has 1 N–H and O–H groups in total. The fourth-order valence-corrected chi connectivity index (χ4v) is 5.95. The molecule has 3 aromatic carbocycles. The van der Waals surface area contributed by atoms with E-state index in [1.54, 1.807) is 25.3 Å². The molecule has 0 aliphatic carbocycles. The lowest BCUT2D eigenvalue weighted by Gasteiger charge is -2.13. The summed E-state index contributed by atoms with van der Waals surface area (Å²) in [5, 5.41) is 0.669. The quantitative estimate of drug-likeness (QED) is 0.286. The van der Waals surface area contributed by atoms with E-state index < -0.39 is 10.0 Å². The van der Waals surface area contributed by atoms with Gasteiger partial charge in [0.1, 0.15) is 10.6 Å². The summed E-state index contributed by atoms with van der Waals surface area (Å²) in [6, 6.07) is 12.9. The molecule has 1 aromatic heterocycles. The molecule has 0 unspecified atom stereocenters. The summed E-state index contributed by atoms with van der Waals surface area (Å²) >= 11 is 20.1. The third-order valence-corrected chi connectivity index (χ3v) is 7.71. The van der Waals surface area contributed by atoms with Gasteiger partial charge in [-0.05, 0) is 55.0 Å². The number of anilines is 1. The average Bonchev–Trinajstić information content (AvgIpc) is 3.11. The van der Waals surface area contributed by atoms with Gasteiger partial charge in [-0.25, -0.2) is 13.4 Å². The predicted octanol–water partition coefficient (Wildman–Crippen LogP) is 7.17. The zero-order valence-electron chi connectivity index (χ0n) is 16.6. The Morgan fingerprint density at radius 2 is 1.69 bits per heavy atom. The second-order valence-corrected chi connectivity index (χ2v) is 10.6. The SMILES string of the molecule is COc1ccc2nc(Oc3c(Cl)cc(NS(=O)(=O)c4ccc(C)cc4Cl)cc3Cl)sc2c1. The lowest BCUT2D eigenvalue weighted by atomic mass is 10.2. The molecular weight excluding hydrogens is 515 g/mol. The van der Waals surface area contributed by atoms with Crippen LogP contribution in [0.3, 0.4) is 0 Å². The Labute approximate surface area is 203 Å². The number of hydrogen-bond donors (Lipinski definition) is 1. The van der Waals surface area contributed by atoms with Gasteiger partial charge in [-0.15, -0.1) is 0 Å². The summed E-state index contributed by atoms with van der Waals surface area (Å²) in [7, 11) is -2.37. The first kappa shape index (κ1) is 22.9. The molecule has 6 nitrogen and oxygen atoms in total. The lowest BCUT2D eigenvalue weighted by molar-refractivity contribution is 0.415. The van der Waals surface area contributed by atoms with Gasteiger partial charge in [0, 0.05) is 0 Å². The Morgan fingerprint density at radius 1 is 0.969 bits per heavy atom. The number of fused-ring (bicyclic) bond motifs is 1. The van der Waals surface area contributed by atoms with E-state index in [2.05, 4.69) is 9.71 Å². The average molecular weight is 530 g/mol. The van der Waals surface area contributed by atoms with E-state index in [4.69, 9.17) is 44.3 Å². The maximum absolute atomic E-state index is 12.8. The van der Waals surface area contributed by atoms with Crippen LogP contribution in [0, 0.1) is 6.92 Å². The van der Waals surface area contributed by atoms with Crippen LogP contribution in [0.15, 0.2) is 53.4 Å². The number of aryl methyl sites for hydroxylation is 1. The number of nitrogens with zero attached hydrogens (tertiary/aromatic N) is 1. The molecule has 0 saturated heterocycles. The zero-order chi connectivity index (χ0) is 23.0. The smallest absolute Gasteiger partial charge is 0.279 e. The van der Waals surface area contributed by atoms with Crippen molar-refractivity contribution in [2.45, 2.75) is 11.8 Å². The highest BCUT2D eigenvalue weighted by molar-refractivity contribution is 7.92. The molecule has 32 heavy (non-hydrogen) atoms. The van der Waals surface area contributed by atoms with E-state index >= 15 is 0 Å². The predicted molar refractivity (Wildman–Crippen MR) is 130 cm³/mol. The van der Waals surface area contributed by atoms with Gasteiger partial charge in [-0.2, -0.15) is 0 Å². The van der Waals surface area contributed by atoms with E-state index in [1.807, 2.05) is 19.1 Å². The van der Waals surface area contributed by atoms with Gasteiger partial charge in [-0.1, -0.05) is 52.2 Å². The Kier molecular flexibility index (Phi) is 6.42. The molecule has 0 spiro atoms. The fourth-order valence-electron chi connectivity index (χ4n) is 2.89. The van der Waals surface area contributed by atoms with Crippen LogP contribution in [-0.4, -0.2) is 20.5 Å². The normalized spacial score (nSPS) is 11.5. The summed E-state index contributed by atoms with van der Waals surface area (Å²) in [6.07, 6.45) is 0. The minimum atomic E-state index is -3.95. The summed E-state index contributed by atoms with van der Waals surface area (Å²) in [4.78, 5) is 4.35. The third kappa shape index (κ3) is 4.74. The molecule has 1 heterocycles. The Morgan fingerprint density at radius 3 is 2.34 bits per heavy atom. The van der Waals surface area contributed by atoms with Crippen LogP contribution in [0.5, 0.6) is 16.7 Å². The number of benzene rings is 3. The minimum Gasteiger partial charge on any atom is -0.497 e. The molecule has 0 bridgehead atoms. The van der Waals surface area contributed by atoms with Crippen molar-refractivity contribution in [1.82, 2.24) is 4.98 Å². The highest BCUT2D eigenvalue weighted by Crippen LogP contribution is 2.41. The first-order valence-corrected chi connectivity index (χ1v) is 12.5. The van der Waals surface area contributed by atoms with E-state index in [0.717, 1.165) is 15.8 Å². The van der Waals surface area contributed by atoms with Crippen LogP contribution in [0.2, 0.25) is 15.1 Å². The van der Waals surface area contributed by atoms with Crippen LogP contribution in [0.25, 0.3) is 10.2 Å². The minimum absolute atomic E-state index is 0.0535. The summed E-state index contributed by atoms with van der Waals surface area (Å²) in [5.74, 6) is 0.866. The number of sulfonamides is 1. The third-order valence-electron chi connectivity index (χ3n) is 4.39. The molecule has 0 fully saturated rings. The molecule has 0 atom stereocenters. The molecule has 11 heteroatoms. The van der Waals surface area contributed by atoms with Crippen molar-refractivity contribution in [3.05, 3.63) is 69.2 Å². The molecular formula is C21H15Cl3N2O4S2. The second-order valence-electron chi connectivity index (χ2n) is 6.72. The van der Waals surface area contributed by atoms with Crippen LogP contribution in [-0.2, 0) is 10.0 Å². The molecule has 0 radical (unpaired) electrons. The number of aromatic nitrogens is 1. The number of ether oxygens (including phenoxy) is 2. The maximum Gasteiger partial charge on any atom is 0.279 e. The zero-order valence-corrected chi connectivity index (χ0v) is 20.6. The molecule has 166 valence electrons. The number of thiazole rings is 1. The first-order valence-electron chi connectivity index (χ1n) is 9.07. The molecule has 0 amide bonds. The van der Waals surface area contributed by atoms with Gasteiger partial charge in [0.15, 0.2) is 5.75 Å². The first-order chi connectivity index (χ1) is 15.2. The molecule has 4 aromatic rings. The van der Waals surface area contributed by atoms with Gasteiger partial charge < -0.3 is 9.47 Å². The Hall–Kier alpha value is -2.23. The number of rotatable bonds is 6. The highest BCUT2D eigenvalue weighted by atomic mass is 35.5. The van der Waals surface area contributed by atoms with E-state index in [-0.39, 0.29) is 31.4 Å². The summed E-state index contributed by atoms with van der Waals surface area (Å²) in [5.41, 5.74) is 1.74. The van der Waals surface area contributed by atoms with Crippen LogP contribution >= 0.6 is 46.1 Å². The summed E-state index contributed by atoms with van der Waals surface area (Å²) < 4.78 is 39.8. The fraction of sp³-hybridized carbons (Fsp3) is 0.0952. The standard InChI is InChI=1S/C21H15Cl3N2O4S2/c1-11-3-6-19(14(22)7-11)32(27,28)26-12-8-15(23)20(16(24)9-12)30-21-25-17-5-4-13(29-2)10-18(17)31-21/h3-10,26H,1-2H3. The number of hydrogen-bond acceptors (Lipinski definition) is 6. The van der Waals surface area contributed by atoms with Crippen LogP contribution < -0.4 is 14.2 Å². The van der Waals surface area contributed by atoms with Gasteiger partial charge in [0.05, 0.1) is 38.1 Å². The molecule has 4 rings (SSSR count).